The number of hydrogen-bond donors (Lipinski definition) is 0. The van der Waals surface area contributed by atoms with Crippen LogP contribution in [0.5, 0.6) is 0 Å². The molecule has 8 heteroatoms. The molecule has 33 heavy (non-hydrogen) atoms. The van der Waals surface area contributed by atoms with Gasteiger partial charge in [-0.3, -0.25) is 24.1 Å². The number of carbonyl (C=O) groups is 4. The molecule has 2 aromatic carbocycles. The number of ketones is 1. The molecule has 6 nitrogen and oxygen atoms in total. The van der Waals surface area contributed by atoms with Crippen LogP contribution in [0.1, 0.15) is 62.3 Å². The molecule has 172 valence electrons. The number of benzene rings is 2. The topological polar surface area (TPSA) is 74.8 Å². The Bertz CT molecular complexity index is 1140. The lowest BCUT2D eigenvalue weighted by Gasteiger charge is -2.31. The zero-order valence-electron chi connectivity index (χ0n) is 18.3. The number of aryl methyl sites for hydroxylation is 1. The minimum absolute atomic E-state index is 0.120. The maximum atomic E-state index is 13.9. The van der Waals surface area contributed by atoms with Gasteiger partial charge in [-0.1, -0.05) is 11.6 Å². The molecule has 0 aromatic heterocycles. The van der Waals surface area contributed by atoms with Crippen molar-refractivity contribution in [3.8, 4) is 0 Å². The smallest absolute Gasteiger partial charge is 0.261 e. The van der Waals surface area contributed by atoms with Crippen LogP contribution in [0.15, 0.2) is 36.4 Å². The monoisotopic (exact) mass is 454 g/mol. The first-order valence-corrected chi connectivity index (χ1v) is 11.0. The summed E-state index contributed by atoms with van der Waals surface area (Å²) in [6, 6.07) is 7.95. The van der Waals surface area contributed by atoms with Gasteiger partial charge in [-0.05, 0) is 56.5 Å². The van der Waals surface area contributed by atoms with E-state index in [1.165, 1.54) is 4.90 Å². The minimum atomic E-state index is -0.747. The Hall–Kier alpha value is -3.42. The number of likely N-dealkylation sites (tertiary alicyclic amines) is 1. The van der Waals surface area contributed by atoms with Crippen molar-refractivity contribution in [1.29, 1.82) is 0 Å². The number of nitrogens with zero attached hydrogens (tertiary/aromatic N) is 2. The Labute approximate surface area is 190 Å². The Morgan fingerprint density at radius 3 is 2.39 bits per heavy atom. The van der Waals surface area contributed by atoms with E-state index in [0.717, 1.165) is 23.8 Å². The summed E-state index contributed by atoms with van der Waals surface area (Å²) in [4.78, 5) is 53.0. The fourth-order valence-corrected chi connectivity index (χ4v) is 4.45. The van der Waals surface area contributed by atoms with E-state index in [1.54, 1.807) is 23.1 Å². The van der Waals surface area contributed by atoms with Crippen LogP contribution in [-0.4, -0.2) is 52.9 Å². The Balaban J connectivity index is 1.26. The summed E-state index contributed by atoms with van der Waals surface area (Å²) in [5.74, 6) is -3.12. The lowest BCUT2D eigenvalue weighted by molar-refractivity contribution is -0.132. The molecule has 0 radical (unpaired) electrons. The molecule has 2 aliphatic rings. The number of halogens is 2. The van der Waals surface area contributed by atoms with Crippen LogP contribution in [0.2, 0.25) is 0 Å². The molecule has 0 aliphatic carbocycles. The molecule has 3 amide bonds. The van der Waals surface area contributed by atoms with Crippen molar-refractivity contribution in [1.82, 2.24) is 9.80 Å². The van der Waals surface area contributed by atoms with Crippen molar-refractivity contribution in [3.05, 3.63) is 70.3 Å². The molecule has 0 spiro atoms. The highest BCUT2D eigenvalue weighted by atomic mass is 19.1. The molecule has 0 bridgehead atoms. The predicted octanol–water partition coefficient (Wildman–Crippen LogP) is 3.77. The van der Waals surface area contributed by atoms with Gasteiger partial charge in [-0.25, -0.2) is 8.78 Å². The van der Waals surface area contributed by atoms with Gasteiger partial charge in [-0.2, -0.15) is 0 Å². The third-order valence-electron chi connectivity index (χ3n) is 6.31. The summed E-state index contributed by atoms with van der Waals surface area (Å²) in [5, 5.41) is 0. The summed E-state index contributed by atoms with van der Waals surface area (Å²) in [7, 11) is 0. The summed E-state index contributed by atoms with van der Waals surface area (Å²) in [5.41, 5.74) is 1.43. The fraction of sp³-hybridized carbons (Fsp3) is 0.360. The number of carbonyl (C=O) groups excluding carboxylic acids is 4. The summed E-state index contributed by atoms with van der Waals surface area (Å²) < 4.78 is 27.3. The van der Waals surface area contributed by atoms with Crippen molar-refractivity contribution in [2.75, 3.05) is 19.6 Å². The first-order valence-electron chi connectivity index (χ1n) is 11.0. The van der Waals surface area contributed by atoms with Gasteiger partial charge in [0.05, 0.1) is 16.7 Å². The molecule has 2 aliphatic heterocycles. The van der Waals surface area contributed by atoms with Crippen LogP contribution in [0, 0.1) is 24.5 Å². The quantitative estimate of drug-likeness (QED) is 0.492. The summed E-state index contributed by atoms with van der Waals surface area (Å²) in [6.07, 6.45) is 1.26. The molecule has 0 saturated carbocycles. The average Bonchev–Trinajstić information content (AvgIpc) is 3.04. The molecule has 4 rings (SSSR count). The zero-order chi connectivity index (χ0) is 23.7. The maximum Gasteiger partial charge on any atom is 0.261 e. The second-order valence-corrected chi connectivity index (χ2v) is 8.56. The molecule has 2 aromatic rings. The van der Waals surface area contributed by atoms with Crippen LogP contribution in [0.4, 0.5) is 8.78 Å². The SMILES string of the molecule is Cc1ccc2c(c1)C(=O)N(CCCC(=O)N1CCC(C(=O)c3cc(F)ccc3F)CC1)C2=O. The minimum Gasteiger partial charge on any atom is -0.343 e. The van der Waals surface area contributed by atoms with E-state index in [1.807, 2.05) is 6.92 Å². The Morgan fingerprint density at radius 2 is 1.67 bits per heavy atom. The van der Waals surface area contributed by atoms with E-state index < -0.39 is 23.3 Å². The van der Waals surface area contributed by atoms with Crippen LogP contribution in [0.25, 0.3) is 0 Å². The normalized spacial score (nSPS) is 16.3. The molecule has 0 atom stereocenters. The largest absolute Gasteiger partial charge is 0.343 e. The number of piperidine rings is 1. The van der Waals surface area contributed by atoms with Gasteiger partial charge in [0.2, 0.25) is 5.91 Å². The number of rotatable bonds is 6. The van der Waals surface area contributed by atoms with Gasteiger partial charge in [0.25, 0.3) is 11.8 Å². The molecule has 2 heterocycles. The van der Waals surface area contributed by atoms with Gasteiger partial charge >= 0.3 is 0 Å². The second-order valence-electron chi connectivity index (χ2n) is 8.56. The van der Waals surface area contributed by atoms with Gasteiger partial charge in [0, 0.05) is 32.0 Å². The Kier molecular flexibility index (Phi) is 6.35. The summed E-state index contributed by atoms with van der Waals surface area (Å²) >= 11 is 0. The predicted molar refractivity (Wildman–Crippen MR) is 116 cm³/mol. The maximum absolute atomic E-state index is 13.9. The number of hydrogen-bond acceptors (Lipinski definition) is 4. The second kappa shape index (κ2) is 9.21. The van der Waals surface area contributed by atoms with Gasteiger partial charge in [-0.15, -0.1) is 0 Å². The lowest BCUT2D eigenvalue weighted by atomic mass is 9.88. The fourth-order valence-electron chi connectivity index (χ4n) is 4.45. The highest BCUT2D eigenvalue weighted by Gasteiger charge is 2.35. The van der Waals surface area contributed by atoms with Crippen molar-refractivity contribution in [2.45, 2.75) is 32.6 Å². The van der Waals surface area contributed by atoms with Crippen molar-refractivity contribution in [3.63, 3.8) is 0 Å². The number of amides is 3. The third kappa shape index (κ3) is 4.55. The van der Waals surface area contributed by atoms with Crippen molar-refractivity contribution < 1.29 is 28.0 Å². The molecule has 0 unspecified atom stereocenters. The first-order chi connectivity index (χ1) is 15.8. The van der Waals surface area contributed by atoms with E-state index in [4.69, 9.17) is 0 Å². The summed E-state index contributed by atoms with van der Waals surface area (Å²) in [6.45, 7) is 2.70. The van der Waals surface area contributed by atoms with Crippen molar-refractivity contribution >= 4 is 23.5 Å². The number of fused-ring (bicyclic) bond motifs is 1. The number of imide groups is 1. The van der Waals surface area contributed by atoms with E-state index in [2.05, 4.69) is 0 Å². The zero-order valence-corrected chi connectivity index (χ0v) is 18.3. The number of Topliss-reactive ketones (excluding diaryl/α,β-unsaturated/α-hetero) is 1. The van der Waals surface area contributed by atoms with Gasteiger partial charge in [0.1, 0.15) is 11.6 Å². The van der Waals surface area contributed by atoms with Crippen LogP contribution >= 0.6 is 0 Å². The highest BCUT2D eigenvalue weighted by molar-refractivity contribution is 6.21. The highest BCUT2D eigenvalue weighted by Crippen LogP contribution is 2.26. The molecule has 0 N–H and O–H groups in total. The molecular weight excluding hydrogens is 430 g/mol. The van der Waals surface area contributed by atoms with Crippen LogP contribution < -0.4 is 0 Å². The lowest BCUT2D eigenvalue weighted by Crippen LogP contribution is -2.40. The molecule has 1 fully saturated rings. The van der Waals surface area contributed by atoms with Crippen LogP contribution in [0.3, 0.4) is 0 Å². The van der Waals surface area contributed by atoms with E-state index in [0.29, 0.717) is 43.5 Å². The van der Waals surface area contributed by atoms with E-state index in [9.17, 15) is 28.0 Å². The average molecular weight is 454 g/mol. The molecule has 1 saturated heterocycles. The first kappa shape index (κ1) is 22.8. The van der Waals surface area contributed by atoms with E-state index >= 15 is 0 Å². The molecular formula is C25H24F2N2O4. The van der Waals surface area contributed by atoms with Gasteiger partial charge < -0.3 is 4.90 Å². The van der Waals surface area contributed by atoms with Gasteiger partial charge in [0.15, 0.2) is 5.78 Å². The van der Waals surface area contributed by atoms with Crippen LogP contribution in [-0.2, 0) is 4.79 Å². The Morgan fingerprint density at radius 1 is 0.970 bits per heavy atom. The van der Waals surface area contributed by atoms with Crippen molar-refractivity contribution in [2.24, 2.45) is 5.92 Å². The third-order valence-corrected chi connectivity index (χ3v) is 6.31. The standard InChI is InChI=1S/C25H24F2N2O4/c1-15-4-6-18-19(13-15)25(33)29(24(18)32)10-2-3-22(30)28-11-8-16(9-12-28)23(31)20-14-17(26)5-7-21(20)27/h4-7,13-14,16H,2-3,8-12H2,1H3. The van der Waals surface area contributed by atoms with E-state index in [-0.39, 0.29) is 36.3 Å².